The Balaban J connectivity index is 3.18. The van der Waals surface area contributed by atoms with Gasteiger partial charge < -0.3 is 14.2 Å². The van der Waals surface area contributed by atoms with Crippen LogP contribution in [0.15, 0.2) is 18.2 Å². The molecule has 1 aromatic carbocycles. The van der Waals surface area contributed by atoms with Crippen LogP contribution in [-0.2, 0) is 9.53 Å². The van der Waals surface area contributed by atoms with Crippen molar-refractivity contribution in [3.8, 4) is 17.6 Å². The zero-order valence-corrected chi connectivity index (χ0v) is 11.1. The molecule has 0 aromatic heterocycles. The molecule has 0 aliphatic heterocycles. The van der Waals surface area contributed by atoms with E-state index in [1.807, 2.05) is 6.07 Å². The third-order valence-corrected chi connectivity index (χ3v) is 2.36. The molecule has 0 amide bonds. The van der Waals surface area contributed by atoms with E-state index in [0.29, 0.717) is 29.2 Å². The summed E-state index contributed by atoms with van der Waals surface area (Å²) in [6.07, 6.45) is 2.76. The molecule has 1 rings (SSSR count). The van der Waals surface area contributed by atoms with Crippen molar-refractivity contribution in [2.45, 2.75) is 6.92 Å². The molecule has 0 radical (unpaired) electrons. The molecular formula is C14H15NO4. The molecule has 0 fully saturated rings. The third kappa shape index (κ3) is 3.75. The summed E-state index contributed by atoms with van der Waals surface area (Å²) in [6.45, 7) is 2.02. The first kappa shape index (κ1) is 14.6. The Morgan fingerprint density at radius 1 is 1.37 bits per heavy atom. The lowest BCUT2D eigenvalue weighted by Gasteiger charge is -2.08. The Bertz CT molecular complexity index is 529. The van der Waals surface area contributed by atoms with E-state index in [4.69, 9.17) is 19.5 Å². The highest BCUT2D eigenvalue weighted by atomic mass is 16.5. The second-order valence-electron chi connectivity index (χ2n) is 3.49. The molecule has 100 valence electrons. The molecule has 0 spiro atoms. The van der Waals surface area contributed by atoms with Crippen LogP contribution < -0.4 is 9.47 Å². The Labute approximate surface area is 112 Å². The van der Waals surface area contributed by atoms with Crippen LogP contribution in [0.3, 0.4) is 0 Å². The van der Waals surface area contributed by atoms with Gasteiger partial charge in [0.1, 0.15) is 23.1 Å². The van der Waals surface area contributed by atoms with Gasteiger partial charge in [0.05, 0.1) is 20.8 Å². The molecule has 0 aliphatic carbocycles. The van der Waals surface area contributed by atoms with Gasteiger partial charge >= 0.3 is 5.97 Å². The van der Waals surface area contributed by atoms with E-state index in [2.05, 4.69) is 0 Å². The van der Waals surface area contributed by atoms with Gasteiger partial charge in [-0.25, -0.2) is 4.79 Å². The second kappa shape index (κ2) is 7.07. The first-order chi connectivity index (χ1) is 9.15. The number of carbonyl (C=O) groups excluding carboxylic acids is 1. The Kier molecular flexibility index (Phi) is 5.42. The van der Waals surface area contributed by atoms with Crippen LogP contribution >= 0.6 is 0 Å². The van der Waals surface area contributed by atoms with Crippen molar-refractivity contribution < 1.29 is 19.0 Å². The smallest absolute Gasteiger partial charge is 0.330 e. The highest BCUT2D eigenvalue weighted by Gasteiger charge is 2.10. The number of ether oxygens (including phenoxy) is 3. The minimum Gasteiger partial charge on any atom is -0.497 e. The number of esters is 1. The molecule has 0 saturated heterocycles. The summed E-state index contributed by atoms with van der Waals surface area (Å²) in [5, 5.41) is 9.14. The minimum atomic E-state index is -0.465. The zero-order chi connectivity index (χ0) is 14.3. The molecule has 0 N–H and O–H groups in total. The first-order valence-electron chi connectivity index (χ1n) is 5.67. The van der Waals surface area contributed by atoms with Crippen molar-refractivity contribution in [2.75, 3.05) is 20.8 Å². The predicted octanol–water partition coefficient (Wildman–Crippen LogP) is 2.15. The summed E-state index contributed by atoms with van der Waals surface area (Å²) in [5.74, 6) is 0.470. The maximum absolute atomic E-state index is 11.3. The second-order valence-corrected chi connectivity index (χ2v) is 3.49. The van der Waals surface area contributed by atoms with E-state index in [9.17, 15) is 4.79 Å². The largest absolute Gasteiger partial charge is 0.497 e. The van der Waals surface area contributed by atoms with Crippen LogP contribution in [0.25, 0.3) is 6.08 Å². The van der Waals surface area contributed by atoms with Gasteiger partial charge in [0, 0.05) is 12.1 Å². The summed E-state index contributed by atoms with van der Waals surface area (Å²) in [5.41, 5.74) is 0.871. The molecular weight excluding hydrogens is 246 g/mol. The Morgan fingerprint density at radius 3 is 2.63 bits per heavy atom. The van der Waals surface area contributed by atoms with Gasteiger partial charge in [-0.15, -0.1) is 0 Å². The standard InChI is InChI=1S/C14H15NO4/c1-4-19-14(16)6-5-10-7-11(17-2)8-13(18-3)12(10)9-15/h5-8H,4H2,1-3H3/b6-5+. The van der Waals surface area contributed by atoms with Crippen molar-refractivity contribution in [3.05, 3.63) is 29.3 Å². The van der Waals surface area contributed by atoms with Crippen LogP contribution in [0, 0.1) is 11.3 Å². The number of hydrogen-bond donors (Lipinski definition) is 0. The van der Waals surface area contributed by atoms with Gasteiger partial charge in [-0.2, -0.15) is 5.26 Å². The van der Waals surface area contributed by atoms with Gasteiger partial charge in [-0.1, -0.05) is 0 Å². The van der Waals surface area contributed by atoms with Gasteiger partial charge in [0.25, 0.3) is 0 Å². The maximum atomic E-state index is 11.3. The predicted molar refractivity (Wildman–Crippen MR) is 69.9 cm³/mol. The minimum absolute atomic E-state index is 0.301. The Hall–Kier alpha value is -2.48. The lowest BCUT2D eigenvalue weighted by atomic mass is 10.1. The van der Waals surface area contributed by atoms with Crippen molar-refractivity contribution >= 4 is 12.0 Å². The van der Waals surface area contributed by atoms with Gasteiger partial charge in [-0.3, -0.25) is 0 Å². The fraction of sp³-hybridized carbons (Fsp3) is 0.286. The number of methoxy groups -OCH3 is 2. The molecule has 19 heavy (non-hydrogen) atoms. The average Bonchev–Trinajstić information content (AvgIpc) is 2.44. The van der Waals surface area contributed by atoms with Gasteiger partial charge in [0.15, 0.2) is 0 Å². The number of hydrogen-bond acceptors (Lipinski definition) is 5. The van der Waals surface area contributed by atoms with Crippen molar-refractivity contribution in [1.29, 1.82) is 5.26 Å². The lowest BCUT2D eigenvalue weighted by Crippen LogP contribution is -1.99. The number of benzene rings is 1. The molecule has 0 saturated carbocycles. The third-order valence-electron chi connectivity index (χ3n) is 2.36. The highest BCUT2D eigenvalue weighted by molar-refractivity contribution is 5.88. The molecule has 0 unspecified atom stereocenters. The van der Waals surface area contributed by atoms with E-state index in [0.717, 1.165) is 0 Å². The molecule has 5 nitrogen and oxygen atoms in total. The fourth-order valence-corrected chi connectivity index (χ4v) is 1.49. The monoisotopic (exact) mass is 261 g/mol. The van der Waals surface area contributed by atoms with Crippen molar-refractivity contribution in [1.82, 2.24) is 0 Å². The SMILES string of the molecule is CCOC(=O)/C=C/c1cc(OC)cc(OC)c1C#N. The van der Waals surface area contributed by atoms with Crippen molar-refractivity contribution in [2.24, 2.45) is 0 Å². The molecule has 0 aliphatic rings. The van der Waals surface area contributed by atoms with Gasteiger partial charge in [0.2, 0.25) is 0 Å². The summed E-state index contributed by atoms with van der Waals surface area (Å²) in [4.78, 5) is 11.3. The molecule has 0 heterocycles. The van der Waals surface area contributed by atoms with Gasteiger partial charge in [-0.05, 0) is 24.6 Å². The molecule has 5 heteroatoms. The Morgan fingerprint density at radius 2 is 2.11 bits per heavy atom. The zero-order valence-electron chi connectivity index (χ0n) is 11.1. The summed E-state index contributed by atoms with van der Waals surface area (Å²) in [7, 11) is 2.98. The van der Waals surface area contributed by atoms with Crippen molar-refractivity contribution in [3.63, 3.8) is 0 Å². The number of nitrogens with zero attached hydrogens (tertiary/aromatic N) is 1. The number of nitriles is 1. The fourth-order valence-electron chi connectivity index (χ4n) is 1.49. The van der Waals surface area contributed by atoms with E-state index in [1.54, 1.807) is 19.1 Å². The summed E-state index contributed by atoms with van der Waals surface area (Å²) < 4.78 is 15.0. The van der Waals surface area contributed by atoms with Crippen LogP contribution in [0.4, 0.5) is 0 Å². The topological polar surface area (TPSA) is 68.6 Å². The van der Waals surface area contributed by atoms with Crippen LogP contribution in [0.1, 0.15) is 18.1 Å². The van der Waals surface area contributed by atoms with Crippen LogP contribution in [0.5, 0.6) is 11.5 Å². The van der Waals surface area contributed by atoms with E-state index >= 15 is 0 Å². The maximum Gasteiger partial charge on any atom is 0.330 e. The molecule has 0 atom stereocenters. The van der Waals surface area contributed by atoms with Crippen LogP contribution in [-0.4, -0.2) is 26.8 Å². The normalized spacial score (nSPS) is 10.0. The van der Waals surface area contributed by atoms with E-state index < -0.39 is 5.97 Å². The summed E-state index contributed by atoms with van der Waals surface area (Å²) in [6, 6.07) is 5.30. The van der Waals surface area contributed by atoms with E-state index in [-0.39, 0.29) is 0 Å². The summed E-state index contributed by atoms with van der Waals surface area (Å²) >= 11 is 0. The molecule has 0 bridgehead atoms. The number of carbonyl (C=O) groups is 1. The highest BCUT2D eigenvalue weighted by Crippen LogP contribution is 2.28. The lowest BCUT2D eigenvalue weighted by molar-refractivity contribution is -0.137. The first-order valence-corrected chi connectivity index (χ1v) is 5.67. The van der Waals surface area contributed by atoms with E-state index in [1.165, 1.54) is 26.4 Å². The number of rotatable bonds is 5. The molecule has 1 aromatic rings. The quantitative estimate of drug-likeness (QED) is 0.600. The van der Waals surface area contributed by atoms with Crippen LogP contribution in [0.2, 0.25) is 0 Å². The average molecular weight is 261 g/mol.